The average molecular weight is 376 g/mol. The lowest BCUT2D eigenvalue weighted by molar-refractivity contribution is -0.384. The Hall–Kier alpha value is -3.48. The van der Waals surface area contributed by atoms with Crippen LogP contribution in [-0.2, 0) is 6.42 Å². The first kappa shape index (κ1) is 17.9. The highest BCUT2D eigenvalue weighted by Gasteiger charge is 2.16. The van der Waals surface area contributed by atoms with Gasteiger partial charge in [0, 0.05) is 41.9 Å². The number of aryl methyl sites for hydroxylation is 1. The Balaban J connectivity index is 1.60. The Labute approximate surface area is 162 Å². The standard InChI is InChI=1S/C21H20N4O3/c1-13-10-20(23-14(2)15-6-7-19-16(11-15)8-9-28-19)24-21(22-13)17-4-3-5-18(12-17)25(26)27/h3-7,10-12,14H,8-9H2,1-2H3,(H,22,23,24)/t14-/m0/s1. The molecule has 0 aliphatic carbocycles. The van der Waals surface area contributed by atoms with Crippen LogP contribution in [0.3, 0.4) is 0 Å². The molecule has 7 heteroatoms. The third-order valence-electron chi connectivity index (χ3n) is 4.75. The first-order chi connectivity index (χ1) is 13.5. The highest BCUT2D eigenvalue weighted by atomic mass is 16.6. The molecule has 0 spiro atoms. The molecule has 1 N–H and O–H groups in total. The minimum Gasteiger partial charge on any atom is -0.493 e. The van der Waals surface area contributed by atoms with E-state index in [9.17, 15) is 10.1 Å². The monoisotopic (exact) mass is 376 g/mol. The normalized spacial score (nSPS) is 13.5. The largest absolute Gasteiger partial charge is 0.493 e. The van der Waals surface area contributed by atoms with Gasteiger partial charge in [-0.1, -0.05) is 18.2 Å². The first-order valence-electron chi connectivity index (χ1n) is 9.12. The summed E-state index contributed by atoms with van der Waals surface area (Å²) in [7, 11) is 0. The lowest BCUT2D eigenvalue weighted by Gasteiger charge is -2.17. The van der Waals surface area contributed by atoms with Crippen LogP contribution in [-0.4, -0.2) is 21.5 Å². The molecule has 0 radical (unpaired) electrons. The number of fused-ring (bicyclic) bond motifs is 1. The zero-order chi connectivity index (χ0) is 19.7. The molecule has 1 atom stereocenters. The number of anilines is 1. The van der Waals surface area contributed by atoms with Gasteiger partial charge >= 0.3 is 0 Å². The van der Waals surface area contributed by atoms with E-state index in [1.807, 2.05) is 19.1 Å². The summed E-state index contributed by atoms with van der Waals surface area (Å²) in [5.74, 6) is 2.10. The van der Waals surface area contributed by atoms with Crippen LogP contribution in [0.25, 0.3) is 11.4 Å². The number of hydrogen-bond donors (Lipinski definition) is 1. The lowest BCUT2D eigenvalue weighted by atomic mass is 10.0. The molecule has 142 valence electrons. The summed E-state index contributed by atoms with van der Waals surface area (Å²) >= 11 is 0. The maximum Gasteiger partial charge on any atom is 0.270 e. The minimum atomic E-state index is -0.419. The second kappa shape index (κ2) is 7.26. The molecule has 1 aromatic heterocycles. The Morgan fingerprint density at radius 1 is 1.18 bits per heavy atom. The fourth-order valence-corrected chi connectivity index (χ4v) is 3.31. The maximum atomic E-state index is 11.0. The van der Waals surface area contributed by atoms with Crippen LogP contribution < -0.4 is 10.1 Å². The number of rotatable bonds is 5. The highest BCUT2D eigenvalue weighted by molar-refractivity contribution is 5.61. The third-order valence-corrected chi connectivity index (χ3v) is 4.75. The van der Waals surface area contributed by atoms with Gasteiger partial charge in [0.25, 0.3) is 5.69 Å². The number of non-ortho nitro benzene ring substituents is 1. The van der Waals surface area contributed by atoms with E-state index in [1.54, 1.807) is 12.1 Å². The number of nitro benzene ring substituents is 1. The highest BCUT2D eigenvalue weighted by Crippen LogP contribution is 2.29. The number of aromatic nitrogens is 2. The fraction of sp³-hybridized carbons (Fsp3) is 0.238. The number of ether oxygens (including phenoxy) is 1. The molecule has 7 nitrogen and oxygen atoms in total. The van der Waals surface area contributed by atoms with Crippen molar-refractivity contribution in [1.29, 1.82) is 0 Å². The van der Waals surface area contributed by atoms with Crippen LogP contribution in [0.5, 0.6) is 5.75 Å². The predicted molar refractivity (Wildman–Crippen MR) is 107 cm³/mol. The van der Waals surface area contributed by atoms with Crippen LogP contribution in [0.4, 0.5) is 11.5 Å². The van der Waals surface area contributed by atoms with Gasteiger partial charge in [0.1, 0.15) is 11.6 Å². The first-order valence-corrected chi connectivity index (χ1v) is 9.12. The van der Waals surface area contributed by atoms with E-state index in [2.05, 4.69) is 34.3 Å². The molecule has 0 amide bonds. The molecule has 1 aliphatic heterocycles. The van der Waals surface area contributed by atoms with Crippen molar-refractivity contribution in [2.24, 2.45) is 0 Å². The summed E-state index contributed by atoms with van der Waals surface area (Å²) in [5.41, 5.74) is 3.79. The lowest BCUT2D eigenvalue weighted by Crippen LogP contribution is -2.09. The summed E-state index contributed by atoms with van der Waals surface area (Å²) < 4.78 is 5.57. The summed E-state index contributed by atoms with van der Waals surface area (Å²) in [6.07, 6.45) is 0.930. The van der Waals surface area contributed by atoms with E-state index in [4.69, 9.17) is 4.74 Å². The van der Waals surface area contributed by atoms with E-state index < -0.39 is 4.92 Å². The second-order valence-corrected chi connectivity index (χ2v) is 6.86. The number of benzene rings is 2. The van der Waals surface area contributed by atoms with Crippen molar-refractivity contribution in [3.63, 3.8) is 0 Å². The summed E-state index contributed by atoms with van der Waals surface area (Å²) in [4.78, 5) is 19.6. The Morgan fingerprint density at radius 2 is 2.04 bits per heavy atom. The van der Waals surface area contributed by atoms with Crippen molar-refractivity contribution in [3.05, 3.63) is 75.5 Å². The third kappa shape index (κ3) is 3.64. The van der Waals surface area contributed by atoms with Crippen molar-refractivity contribution in [3.8, 4) is 17.1 Å². The van der Waals surface area contributed by atoms with Gasteiger partial charge in [-0.15, -0.1) is 0 Å². The SMILES string of the molecule is Cc1cc(N[C@@H](C)c2ccc3c(c2)CCO3)nc(-c2cccc([N+](=O)[O-])c2)n1. The molecule has 1 aliphatic rings. The Kier molecular flexibility index (Phi) is 4.65. The van der Waals surface area contributed by atoms with Gasteiger partial charge in [-0.25, -0.2) is 9.97 Å². The van der Waals surface area contributed by atoms with E-state index >= 15 is 0 Å². The molecule has 3 aromatic rings. The van der Waals surface area contributed by atoms with Crippen molar-refractivity contribution in [2.45, 2.75) is 26.3 Å². The second-order valence-electron chi connectivity index (χ2n) is 6.86. The average Bonchev–Trinajstić information content (AvgIpc) is 3.15. The molecule has 0 saturated carbocycles. The maximum absolute atomic E-state index is 11.0. The Bertz CT molecular complexity index is 1050. The van der Waals surface area contributed by atoms with Gasteiger partial charge in [-0.3, -0.25) is 10.1 Å². The molecule has 0 saturated heterocycles. The van der Waals surface area contributed by atoms with E-state index in [1.165, 1.54) is 17.7 Å². The van der Waals surface area contributed by atoms with Crippen molar-refractivity contribution in [2.75, 3.05) is 11.9 Å². The van der Waals surface area contributed by atoms with Gasteiger partial charge in [0.2, 0.25) is 0 Å². The number of nitro groups is 1. The molecule has 2 heterocycles. The van der Waals surface area contributed by atoms with E-state index in [-0.39, 0.29) is 11.7 Å². The summed E-state index contributed by atoms with van der Waals surface area (Å²) in [6, 6.07) is 14.5. The molecular weight excluding hydrogens is 356 g/mol. The Morgan fingerprint density at radius 3 is 2.86 bits per heavy atom. The van der Waals surface area contributed by atoms with Crippen LogP contribution in [0.2, 0.25) is 0 Å². The topological polar surface area (TPSA) is 90.2 Å². The quantitative estimate of drug-likeness (QED) is 0.522. The molecular formula is C21H20N4O3. The number of nitrogens with zero attached hydrogens (tertiary/aromatic N) is 3. The molecule has 2 aromatic carbocycles. The number of hydrogen-bond acceptors (Lipinski definition) is 6. The molecule has 0 unspecified atom stereocenters. The van der Waals surface area contributed by atoms with Gasteiger partial charge in [0.15, 0.2) is 5.82 Å². The number of nitrogens with one attached hydrogen (secondary N) is 1. The van der Waals surface area contributed by atoms with Crippen molar-refractivity contribution >= 4 is 11.5 Å². The van der Waals surface area contributed by atoms with Crippen LogP contribution in [0.15, 0.2) is 48.5 Å². The molecule has 4 rings (SSSR count). The molecule has 0 fully saturated rings. The van der Waals surface area contributed by atoms with Gasteiger partial charge in [-0.2, -0.15) is 0 Å². The summed E-state index contributed by atoms with van der Waals surface area (Å²) in [6.45, 7) is 4.69. The summed E-state index contributed by atoms with van der Waals surface area (Å²) in [5, 5.41) is 14.5. The smallest absolute Gasteiger partial charge is 0.270 e. The predicted octanol–water partition coefficient (Wildman–Crippen LogP) is 4.47. The zero-order valence-electron chi connectivity index (χ0n) is 15.7. The van der Waals surface area contributed by atoms with Crippen molar-refractivity contribution in [1.82, 2.24) is 9.97 Å². The van der Waals surface area contributed by atoms with Crippen molar-refractivity contribution < 1.29 is 9.66 Å². The van der Waals surface area contributed by atoms with Crippen LogP contribution >= 0.6 is 0 Å². The molecule has 0 bridgehead atoms. The van der Waals surface area contributed by atoms with E-state index in [0.717, 1.165) is 30.0 Å². The van der Waals surface area contributed by atoms with E-state index in [0.29, 0.717) is 17.2 Å². The van der Waals surface area contributed by atoms with Crippen LogP contribution in [0.1, 0.15) is 29.8 Å². The minimum absolute atomic E-state index is 0.0193. The van der Waals surface area contributed by atoms with Gasteiger partial charge < -0.3 is 10.1 Å². The zero-order valence-corrected chi connectivity index (χ0v) is 15.7. The van der Waals surface area contributed by atoms with Gasteiger partial charge in [-0.05, 0) is 37.1 Å². The van der Waals surface area contributed by atoms with Crippen LogP contribution in [0, 0.1) is 17.0 Å². The fourth-order valence-electron chi connectivity index (χ4n) is 3.31. The van der Waals surface area contributed by atoms with Gasteiger partial charge in [0.05, 0.1) is 11.5 Å². The molecule has 28 heavy (non-hydrogen) atoms.